The maximum Gasteiger partial charge on any atom is 0.490 e. The summed E-state index contributed by atoms with van der Waals surface area (Å²) in [6.45, 7) is 17.5. The second kappa shape index (κ2) is 12.1. The van der Waals surface area contributed by atoms with E-state index in [9.17, 15) is 13.2 Å². The third-order valence-corrected chi connectivity index (χ3v) is 2.11. The summed E-state index contributed by atoms with van der Waals surface area (Å²) in [5.41, 5.74) is 0. The molecule has 7 heteroatoms. The van der Waals surface area contributed by atoms with E-state index in [0.29, 0.717) is 0 Å². The van der Waals surface area contributed by atoms with Gasteiger partial charge < -0.3 is 10.0 Å². The van der Waals surface area contributed by atoms with Gasteiger partial charge in [0.15, 0.2) is 0 Å². The highest BCUT2D eigenvalue weighted by molar-refractivity contribution is 5.85. The first-order valence-corrected chi connectivity index (χ1v) is 6.88. The molecule has 0 aromatic carbocycles. The third-order valence-electron chi connectivity index (χ3n) is 2.11. The normalized spacial score (nSPS) is 11.5. The lowest BCUT2D eigenvalue weighted by Gasteiger charge is -2.27. The van der Waals surface area contributed by atoms with Crippen molar-refractivity contribution in [1.82, 2.24) is 4.90 Å². The van der Waals surface area contributed by atoms with Crippen LogP contribution in [0.2, 0.25) is 0 Å². The Morgan fingerprint density at radius 3 is 1.19 bits per heavy atom. The molecule has 0 aliphatic heterocycles. The smallest absolute Gasteiger partial charge is 0.475 e. The van der Waals surface area contributed by atoms with E-state index in [0.717, 1.165) is 17.8 Å². The Kier molecular flexibility index (Phi) is 14.7. The van der Waals surface area contributed by atoms with Gasteiger partial charge in [0, 0.05) is 19.6 Å². The van der Waals surface area contributed by atoms with Gasteiger partial charge in [-0.3, -0.25) is 0 Å². The highest BCUT2D eigenvalue weighted by Gasteiger charge is 2.38. The van der Waals surface area contributed by atoms with Crippen LogP contribution in [0.3, 0.4) is 0 Å². The molecule has 21 heavy (non-hydrogen) atoms. The minimum atomic E-state index is -5.08. The largest absolute Gasteiger partial charge is 0.490 e. The van der Waals surface area contributed by atoms with Crippen LogP contribution < -0.4 is 0 Å². The Hall–Kier alpha value is -0.490. The first kappa shape index (κ1) is 25.5. The van der Waals surface area contributed by atoms with Gasteiger partial charge in [0.05, 0.1) is 0 Å². The summed E-state index contributed by atoms with van der Waals surface area (Å²) in [4.78, 5) is 11.5. The molecule has 0 saturated carbocycles. The molecule has 0 bridgehead atoms. The summed E-state index contributed by atoms with van der Waals surface area (Å²) < 4.78 is 31.7. The molecule has 0 aromatic rings. The van der Waals surface area contributed by atoms with E-state index < -0.39 is 12.1 Å². The molecule has 0 radical (unpaired) electrons. The Morgan fingerprint density at radius 2 is 1.10 bits per heavy atom. The average molecular weight is 336 g/mol. The van der Waals surface area contributed by atoms with E-state index in [2.05, 4.69) is 46.4 Å². The van der Waals surface area contributed by atoms with E-state index in [1.54, 1.807) is 0 Å². The van der Waals surface area contributed by atoms with Gasteiger partial charge >= 0.3 is 12.1 Å². The summed E-state index contributed by atoms with van der Waals surface area (Å²) in [5, 5.41) is 7.12. The Labute approximate surface area is 132 Å². The maximum atomic E-state index is 10.6. The Balaban J connectivity index is -0.000000347. The van der Waals surface area contributed by atoms with Crippen LogP contribution in [0.4, 0.5) is 13.2 Å². The van der Waals surface area contributed by atoms with Gasteiger partial charge in [-0.25, -0.2) is 4.79 Å². The van der Waals surface area contributed by atoms with Crippen LogP contribution in [0.15, 0.2) is 0 Å². The minimum Gasteiger partial charge on any atom is -0.475 e. The molecule has 0 heterocycles. The fourth-order valence-electron chi connectivity index (χ4n) is 1.77. The van der Waals surface area contributed by atoms with E-state index in [1.807, 2.05) is 0 Å². The summed E-state index contributed by atoms with van der Waals surface area (Å²) in [6, 6.07) is 0. The van der Waals surface area contributed by atoms with Gasteiger partial charge in [0.2, 0.25) is 0 Å². The molecule has 130 valence electrons. The van der Waals surface area contributed by atoms with Crippen LogP contribution in [0.25, 0.3) is 0 Å². The van der Waals surface area contributed by atoms with Gasteiger partial charge in [-0.1, -0.05) is 41.5 Å². The second-order valence-electron chi connectivity index (χ2n) is 6.20. The van der Waals surface area contributed by atoms with Crippen molar-refractivity contribution in [2.45, 2.75) is 47.7 Å². The van der Waals surface area contributed by atoms with Crippen LogP contribution in [-0.4, -0.2) is 41.8 Å². The summed E-state index contributed by atoms with van der Waals surface area (Å²) in [6.07, 6.45) is -5.08. The van der Waals surface area contributed by atoms with E-state index in [4.69, 9.17) is 9.90 Å². The molecule has 0 amide bonds. The predicted molar refractivity (Wildman–Crippen MR) is 81.9 cm³/mol. The van der Waals surface area contributed by atoms with Crippen molar-refractivity contribution in [1.29, 1.82) is 0 Å². The van der Waals surface area contributed by atoms with E-state index in [-0.39, 0.29) is 12.4 Å². The lowest BCUT2D eigenvalue weighted by molar-refractivity contribution is -0.192. The molecule has 3 nitrogen and oxygen atoms in total. The number of alkyl halides is 3. The number of carbonyl (C=O) groups is 1. The van der Waals surface area contributed by atoms with Crippen LogP contribution in [0.1, 0.15) is 41.5 Å². The fraction of sp³-hybridized carbons (Fsp3) is 0.929. The first-order chi connectivity index (χ1) is 8.86. The van der Waals surface area contributed by atoms with Crippen molar-refractivity contribution < 1.29 is 23.1 Å². The van der Waals surface area contributed by atoms with Crippen LogP contribution in [0, 0.1) is 17.8 Å². The number of nitrogens with zero attached hydrogens (tertiary/aromatic N) is 1. The monoisotopic (exact) mass is 335 g/mol. The van der Waals surface area contributed by atoms with Crippen molar-refractivity contribution in [2.24, 2.45) is 17.8 Å². The SMILES string of the molecule is CC(C)CN(CC(C)C)CC(C)C.Cl.O=C(O)C(F)(F)F. The average Bonchev–Trinajstić information content (AvgIpc) is 2.12. The van der Waals surface area contributed by atoms with E-state index in [1.165, 1.54) is 19.6 Å². The van der Waals surface area contributed by atoms with Crippen LogP contribution >= 0.6 is 12.4 Å². The molecule has 0 unspecified atom stereocenters. The second-order valence-corrected chi connectivity index (χ2v) is 6.20. The molecule has 0 saturated heterocycles. The maximum absolute atomic E-state index is 10.6. The Bertz CT molecular complexity index is 246. The van der Waals surface area contributed by atoms with Crippen molar-refractivity contribution in [3.63, 3.8) is 0 Å². The molecule has 1 N–H and O–H groups in total. The van der Waals surface area contributed by atoms with Gasteiger partial charge in [-0.05, 0) is 17.8 Å². The predicted octanol–water partition coefficient (Wildman–Crippen LogP) is 4.31. The molecule has 0 spiro atoms. The zero-order chi connectivity index (χ0) is 16.5. The topological polar surface area (TPSA) is 40.5 Å². The van der Waals surface area contributed by atoms with Gasteiger partial charge in [0.1, 0.15) is 0 Å². The van der Waals surface area contributed by atoms with Crippen molar-refractivity contribution in [2.75, 3.05) is 19.6 Å². The zero-order valence-electron chi connectivity index (χ0n) is 13.7. The summed E-state index contributed by atoms with van der Waals surface area (Å²) in [7, 11) is 0. The number of carboxylic acid groups (broad SMARTS) is 1. The molecule has 0 rings (SSSR count). The molecular weight excluding hydrogens is 307 g/mol. The molecule has 0 aromatic heterocycles. The highest BCUT2D eigenvalue weighted by atomic mass is 35.5. The zero-order valence-corrected chi connectivity index (χ0v) is 14.5. The first-order valence-electron chi connectivity index (χ1n) is 6.88. The number of aliphatic carboxylic acids is 1. The molecule has 0 aliphatic carbocycles. The lowest BCUT2D eigenvalue weighted by atomic mass is 10.1. The Morgan fingerprint density at radius 1 is 0.905 bits per heavy atom. The van der Waals surface area contributed by atoms with Crippen molar-refractivity contribution in [3.8, 4) is 0 Å². The van der Waals surface area contributed by atoms with E-state index >= 15 is 0 Å². The number of hydrogen-bond donors (Lipinski definition) is 1. The van der Waals surface area contributed by atoms with Gasteiger partial charge in [-0.15, -0.1) is 12.4 Å². The quantitative estimate of drug-likeness (QED) is 0.786. The van der Waals surface area contributed by atoms with Crippen LogP contribution in [-0.2, 0) is 4.79 Å². The van der Waals surface area contributed by atoms with Crippen molar-refractivity contribution >= 4 is 18.4 Å². The van der Waals surface area contributed by atoms with Gasteiger partial charge in [-0.2, -0.15) is 13.2 Å². The fourth-order valence-corrected chi connectivity index (χ4v) is 1.77. The molecule has 0 atom stereocenters. The minimum absolute atomic E-state index is 0. The summed E-state index contributed by atoms with van der Waals surface area (Å²) >= 11 is 0. The number of halogens is 4. The van der Waals surface area contributed by atoms with Crippen molar-refractivity contribution in [3.05, 3.63) is 0 Å². The van der Waals surface area contributed by atoms with Gasteiger partial charge in [0.25, 0.3) is 0 Å². The molecule has 0 aliphatic rings. The highest BCUT2D eigenvalue weighted by Crippen LogP contribution is 2.13. The van der Waals surface area contributed by atoms with Crippen LogP contribution in [0.5, 0.6) is 0 Å². The lowest BCUT2D eigenvalue weighted by Crippen LogP contribution is -2.34. The number of carboxylic acids is 1. The number of hydrogen-bond acceptors (Lipinski definition) is 2. The molecular formula is C14H29ClF3NO2. The molecule has 0 fully saturated rings. The third kappa shape index (κ3) is 19.5. The summed E-state index contributed by atoms with van der Waals surface area (Å²) in [5.74, 6) is -0.389. The standard InChI is InChI=1S/C12H27N.C2HF3O2.ClH/c1-10(2)7-13(8-11(3)4)9-12(5)6;3-2(4,5)1(6)7;/h10-12H,7-9H2,1-6H3;(H,6,7);1H. The number of rotatable bonds is 6.